The molecule has 3 aromatic rings. The first kappa shape index (κ1) is 24.0. The molecule has 0 aliphatic rings. The summed E-state index contributed by atoms with van der Waals surface area (Å²) in [4.78, 5) is 33.7. The van der Waals surface area contributed by atoms with Gasteiger partial charge in [0.25, 0.3) is 5.91 Å². The maximum atomic E-state index is 13.3. The Balaban J connectivity index is 2.26. The molecule has 10 heteroatoms. The van der Waals surface area contributed by atoms with Gasteiger partial charge >= 0.3 is 6.18 Å². The first-order valence-corrected chi connectivity index (χ1v) is 10.3. The van der Waals surface area contributed by atoms with Gasteiger partial charge in [-0.25, -0.2) is 0 Å². The standard InChI is InChI=1S/C23H24F3N5O2/c1-5-28-22(33)17-12-31(13(2)18-7-6-16(27-4)11-30-18)14(3)20(21(17)32)15-8-9-29-19(10-15)23(24,25)26/h6-13,27H,5H2,1-4H3,(H,28,33). The molecule has 1 atom stereocenters. The van der Waals surface area contributed by atoms with Crippen molar-refractivity contribution in [1.82, 2.24) is 19.9 Å². The zero-order chi connectivity index (χ0) is 24.3. The van der Waals surface area contributed by atoms with Crippen LogP contribution in [0.3, 0.4) is 0 Å². The predicted molar refractivity (Wildman–Crippen MR) is 119 cm³/mol. The van der Waals surface area contributed by atoms with Crippen molar-refractivity contribution in [3.8, 4) is 11.1 Å². The van der Waals surface area contributed by atoms with Crippen molar-refractivity contribution in [1.29, 1.82) is 0 Å². The molecule has 0 bridgehead atoms. The molecule has 0 aliphatic carbocycles. The number of halogens is 3. The van der Waals surface area contributed by atoms with Crippen molar-refractivity contribution in [3.63, 3.8) is 0 Å². The van der Waals surface area contributed by atoms with Crippen molar-refractivity contribution in [2.75, 3.05) is 18.9 Å². The molecule has 174 valence electrons. The van der Waals surface area contributed by atoms with Crippen LogP contribution >= 0.6 is 0 Å². The fraction of sp³-hybridized carbons (Fsp3) is 0.304. The van der Waals surface area contributed by atoms with Crippen LogP contribution in [0.1, 0.15) is 47.3 Å². The van der Waals surface area contributed by atoms with E-state index in [4.69, 9.17) is 0 Å². The predicted octanol–water partition coefficient (Wildman–Crippen LogP) is 4.03. The lowest BCUT2D eigenvalue weighted by molar-refractivity contribution is -0.141. The van der Waals surface area contributed by atoms with E-state index in [1.807, 2.05) is 13.0 Å². The molecule has 3 aromatic heterocycles. The number of carbonyl (C=O) groups excluding carboxylic acids is 1. The third-order valence-electron chi connectivity index (χ3n) is 5.33. The van der Waals surface area contributed by atoms with Gasteiger partial charge < -0.3 is 15.2 Å². The molecule has 0 spiro atoms. The normalized spacial score (nSPS) is 12.3. The summed E-state index contributed by atoms with van der Waals surface area (Å²) in [6.07, 6.45) is -0.599. The number of carbonyl (C=O) groups is 1. The summed E-state index contributed by atoms with van der Waals surface area (Å²) < 4.78 is 41.5. The van der Waals surface area contributed by atoms with E-state index in [1.165, 1.54) is 12.3 Å². The number of rotatable bonds is 6. The minimum atomic E-state index is -4.67. The molecule has 7 nitrogen and oxygen atoms in total. The van der Waals surface area contributed by atoms with Gasteiger partial charge in [-0.15, -0.1) is 0 Å². The Morgan fingerprint density at radius 1 is 1.21 bits per heavy atom. The molecule has 0 aliphatic heterocycles. The quantitative estimate of drug-likeness (QED) is 0.581. The zero-order valence-corrected chi connectivity index (χ0v) is 18.6. The number of alkyl halides is 3. The van der Waals surface area contributed by atoms with E-state index in [2.05, 4.69) is 20.6 Å². The number of hydrogen-bond donors (Lipinski definition) is 2. The minimum absolute atomic E-state index is 0.00495. The molecule has 3 heterocycles. The van der Waals surface area contributed by atoms with Gasteiger partial charge in [0.05, 0.1) is 23.6 Å². The van der Waals surface area contributed by atoms with E-state index in [0.717, 1.165) is 18.0 Å². The third-order valence-corrected chi connectivity index (χ3v) is 5.33. The summed E-state index contributed by atoms with van der Waals surface area (Å²) in [6, 6.07) is 5.37. The van der Waals surface area contributed by atoms with Crippen LogP contribution in [0.25, 0.3) is 11.1 Å². The van der Waals surface area contributed by atoms with Gasteiger partial charge in [0.1, 0.15) is 11.3 Å². The highest BCUT2D eigenvalue weighted by molar-refractivity contribution is 5.95. The van der Waals surface area contributed by atoms with Crippen LogP contribution in [-0.2, 0) is 6.18 Å². The van der Waals surface area contributed by atoms with Gasteiger partial charge in [0, 0.05) is 37.2 Å². The lowest BCUT2D eigenvalue weighted by Gasteiger charge is -2.22. The summed E-state index contributed by atoms with van der Waals surface area (Å²) in [5, 5.41) is 5.57. The number of aromatic nitrogens is 3. The molecular weight excluding hydrogens is 435 g/mol. The molecule has 1 amide bonds. The maximum absolute atomic E-state index is 13.3. The van der Waals surface area contributed by atoms with Crippen LogP contribution < -0.4 is 16.1 Å². The largest absolute Gasteiger partial charge is 0.433 e. The van der Waals surface area contributed by atoms with Gasteiger partial charge in [-0.05, 0) is 50.6 Å². The Bertz CT molecular complexity index is 1220. The van der Waals surface area contributed by atoms with E-state index in [-0.39, 0.29) is 23.2 Å². The topological polar surface area (TPSA) is 88.9 Å². The summed E-state index contributed by atoms with van der Waals surface area (Å²) >= 11 is 0. The van der Waals surface area contributed by atoms with Crippen LogP contribution in [0.5, 0.6) is 0 Å². The van der Waals surface area contributed by atoms with E-state index >= 15 is 0 Å². The Kier molecular flexibility index (Phi) is 6.85. The number of anilines is 1. The lowest BCUT2D eigenvalue weighted by atomic mass is 10.00. The minimum Gasteiger partial charge on any atom is -0.387 e. The Labute approximate surface area is 188 Å². The molecule has 0 fully saturated rings. The van der Waals surface area contributed by atoms with Gasteiger partial charge in [-0.2, -0.15) is 13.2 Å². The fourth-order valence-corrected chi connectivity index (χ4v) is 3.57. The van der Waals surface area contributed by atoms with Crippen molar-refractivity contribution in [2.45, 2.75) is 33.0 Å². The van der Waals surface area contributed by atoms with Crippen LogP contribution in [-0.4, -0.2) is 34.0 Å². The molecule has 3 rings (SSSR count). The van der Waals surface area contributed by atoms with Crippen molar-refractivity contribution >= 4 is 11.6 Å². The van der Waals surface area contributed by atoms with Gasteiger partial charge in [-0.1, -0.05) is 0 Å². The number of hydrogen-bond acceptors (Lipinski definition) is 5. The van der Waals surface area contributed by atoms with Crippen LogP contribution in [0.15, 0.2) is 47.7 Å². The summed E-state index contributed by atoms with van der Waals surface area (Å²) in [7, 11) is 1.76. The average molecular weight is 459 g/mol. The smallest absolute Gasteiger partial charge is 0.387 e. The van der Waals surface area contributed by atoms with Crippen molar-refractivity contribution in [3.05, 3.63) is 75.7 Å². The Morgan fingerprint density at radius 2 is 1.94 bits per heavy atom. The molecule has 0 saturated carbocycles. The first-order chi connectivity index (χ1) is 15.6. The highest BCUT2D eigenvalue weighted by Gasteiger charge is 2.33. The summed E-state index contributed by atoms with van der Waals surface area (Å²) in [5.74, 6) is -0.603. The molecule has 33 heavy (non-hydrogen) atoms. The number of nitrogens with one attached hydrogen (secondary N) is 2. The van der Waals surface area contributed by atoms with Crippen LogP contribution in [0.4, 0.5) is 18.9 Å². The molecule has 2 N–H and O–H groups in total. The monoisotopic (exact) mass is 459 g/mol. The lowest BCUT2D eigenvalue weighted by Crippen LogP contribution is -2.31. The van der Waals surface area contributed by atoms with Gasteiger partial charge in [-0.3, -0.25) is 19.6 Å². The van der Waals surface area contributed by atoms with E-state index < -0.39 is 29.2 Å². The van der Waals surface area contributed by atoms with Gasteiger partial charge in [0.15, 0.2) is 0 Å². The van der Waals surface area contributed by atoms with E-state index in [1.54, 1.807) is 37.7 Å². The second kappa shape index (κ2) is 9.43. The molecular formula is C23H24F3N5O2. The molecule has 0 aromatic carbocycles. The second-order valence-corrected chi connectivity index (χ2v) is 7.42. The maximum Gasteiger partial charge on any atom is 0.433 e. The molecule has 1 unspecified atom stereocenters. The van der Waals surface area contributed by atoms with Crippen molar-refractivity contribution in [2.24, 2.45) is 0 Å². The first-order valence-electron chi connectivity index (χ1n) is 10.3. The van der Waals surface area contributed by atoms with E-state index in [0.29, 0.717) is 11.4 Å². The number of nitrogens with zero attached hydrogens (tertiary/aromatic N) is 3. The highest BCUT2D eigenvalue weighted by Crippen LogP contribution is 2.31. The zero-order valence-electron chi connectivity index (χ0n) is 18.6. The summed E-state index contributed by atoms with van der Waals surface area (Å²) in [6.45, 7) is 5.46. The van der Waals surface area contributed by atoms with Crippen molar-refractivity contribution < 1.29 is 18.0 Å². The molecule has 0 saturated heterocycles. The number of pyridine rings is 3. The van der Waals surface area contributed by atoms with Crippen LogP contribution in [0.2, 0.25) is 0 Å². The summed E-state index contributed by atoms with van der Waals surface area (Å²) in [5.41, 5.74) is -0.0375. The Morgan fingerprint density at radius 3 is 2.52 bits per heavy atom. The SMILES string of the molecule is CCNC(=O)c1cn(C(C)c2ccc(NC)cn2)c(C)c(-c2ccnc(C(F)(F)F)c2)c1=O. The third kappa shape index (κ3) is 4.89. The van der Waals surface area contributed by atoms with E-state index in [9.17, 15) is 22.8 Å². The molecule has 0 radical (unpaired) electrons. The highest BCUT2D eigenvalue weighted by atomic mass is 19.4. The average Bonchev–Trinajstić information content (AvgIpc) is 2.78. The fourth-order valence-electron chi connectivity index (χ4n) is 3.57. The Hall–Kier alpha value is -3.69. The van der Waals surface area contributed by atoms with Gasteiger partial charge in [0.2, 0.25) is 5.43 Å². The van der Waals surface area contributed by atoms with Crippen LogP contribution in [0, 0.1) is 6.92 Å². The second-order valence-electron chi connectivity index (χ2n) is 7.42. The number of amides is 1.